The van der Waals surface area contributed by atoms with E-state index in [0.29, 0.717) is 48.5 Å². The first-order valence-corrected chi connectivity index (χ1v) is 10.3. The van der Waals surface area contributed by atoms with Crippen LogP contribution in [-0.4, -0.2) is 96.9 Å². The summed E-state index contributed by atoms with van der Waals surface area (Å²) in [5, 5.41) is 3.21. The first-order chi connectivity index (χ1) is 13.3. The number of carbonyl (C=O) groups excluding carboxylic acids is 3. The third kappa shape index (κ3) is 4.86. The smallest absolute Gasteiger partial charge is 0.265 e. The van der Waals surface area contributed by atoms with Gasteiger partial charge in [0.2, 0.25) is 5.91 Å². The molecule has 0 radical (unpaired) electrons. The molecule has 2 saturated heterocycles. The predicted molar refractivity (Wildman–Crippen MR) is 105 cm³/mol. The SMILES string of the molecule is Cc1nc(NC(=O)CN2CCN(C(=O)[C@H]3CCCO3)CC2)sc1C(=O)N(C)C. The molecule has 3 heterocycles. The van der Waals surface area contributed by atoms with Crippen LogP contribution in [-0.2, 0) is 14.3 Å². The fraction of sp³-hybridized carbons (Fsp3) is 0.667. The molecule has 1 atom stereocenters. The lowest BCUT2D eigenvalue weighted by Crippen LogP contribution is -2.52. The summed E-state index contributed by atoms with van der Waals surface area (Å²) in [7, 11) is 3.37. The van der Waals surface area contributed by atoms with Gasteiger partial charge in [-0.05, 0) is 19.8 Å². The van der Waals surface area contributed by atoms with Crippen molar-refractivity contribution in [2.24, 2.45) is 0 Å². The molecule has 1 aromatic heterocycles. The normalized spacial score (nSPS) is 20.2. The van der Waals surface area contributed by atoms with Gasteiger partial charge in [0.15, 0.2) is 5.13 Å². The largest absolute Gasteiger partial charge is 0.368 e. The Morgan fingerprint density at radius 2 is 1.96 bits per heavy atom. The number of thiazole rings is 1. The van der Waals surface area contributed by atoms with E-state index in [0.717, 1.165) is 12.8 Å². The van der Waals surface area contributed by atoms with Crippen molar-refractivity contribution < 1.29 is 19.1 Å². The van der Waals surface area contributed by atoms with E-state index >= 15 is 0 Å². The van der Waals surface area contributed by atoms with Gasteiger partial charge in [-0.1, -0.05) is 11.3 Å². The fourth-order valence-electron chi connectivity index (χ4n) is 3.32. The topological polar surface area (TPSA) is 95.1 Å². The second-order valence-corrected chi connectivity index (χ2v) is 8.28. The number of carbonyl (C=O) groups is 3. The summed E-state index contributed by atoms with van der Waals surface area (Å²) < 4.78 is 5.47. The van der Waals surface area contributed by atoms with Crippen molar-refractivity contribution in [3.8, 4) is 0 Å². The van der Waals surface area contributed by atoms with Crippen LogP contribution in [0.3, 0.4) is 0 Å². The molecule has 0 spiro atoms. The molecule has 0 aliphatic carbocycles. The molecule has 1 aromatic rings. The van der Waals surface area contributed by atoms with Crippen LogP contribution in [0.2, 0.25) is 0 Å². The summed E-state index contributed by atoms with van der Waals surface area (Å²) in [5.74, 6) is -0.225. The number of anilines is 1. The van der Waals surface area contributed by atoms with Crippen molar-refractivity contribution in [3.05, 3.63) is 10.6 Å². The quantitative estimate of drug-likeness (QED) is 0.757. The third-order valence-electron chi connectivity index (χ3n) is 4.90. The van der Waals surface area contributed by atoms with Gasteiger partial charge in [0.1, 0.15) is 11.0 Å². The number of nitrogens with one attached hydrogen (secondary N) is 1. The van der Waals surface area contributed by atoms with Crippen molar-refractivity contribution in [2.45, 2.75) is 25.9 Å². The van der Waals surface area contributed by atoms with Crippen molar-refractivity contribution >= 4 is 34.2 Å². The number of aromatic nitrogens is 1. The highest BCUT2D eigenvalue weighted by atomic mass is 32.1. The highest BCUT2D eigenvalue weighted by Gasteiger charge is 2.30. The number of nitrogens with zero attached hydrogens (tertiary/aromatic N) is 4. The molecular formula is C18H27N5O4S. The molecule has 0 aromatic carbocycles. The molecule has 28 heavy (non-hydrogen) atoms. The standard InChI is InChI=1S/C18H27N5O4S/c1-12-15(17(26)21(2)3)28-18(19-12)20-14(24)11-22-6-8-23(9-7-22)16(25)13-5-4-10-27-13/h13H,4-11H2,1-3H3,(H,19,20,24)/t13-/m1/s1. The maximum absolute atomic E-state index is 12.4. The number of aryl methyl sites for hydroxylation is 1. The Bertz CT molecular complexity index is 736. The third-order valence-corrected chi connectivity index (χ3v) is 5.96. The minimum atomic E-state index is -0.290. The van der Waals surface area contributed by atoms with Crippen molar-refractivity contribution in [1.82, 2.24) is 19.7 Å². The molecule has 10 heteroatoms. The second-order valence-electron chi connectivity index (χ2n) is 7.28. The zero-order chi connectivity index (χ0) is 20.3. The van der Waals surface area contributed by atoms with Gasteiger partial charge >= 0.3 is 0 Å². The number of ether oxygens (including phenoxy) is 1. The molecule has 0 bridgehead atoms. The Balaban J connectivity index is 1.46. The number of piperazine rings is 1. The molecule has 0 unspecified atom stereocenters. The van der Waals surface area contributed by atoms with Crippen molar-refractivity contribution in [2.75, 3.05) is 58.7 Å². The van der Waals surface area contributed by atoms with Crippen molar-refractivity contribution in [3.63, 3.8) is 0 Å². The van der Waals surface area contributed by atoms with Gasteiger partial charge in [-0.2, -0.15) is 0 Å². The van der Waals surface area contributed by atoms with Gasteiger partial charge in [0, 0.05) is 46.9 Å². The van der Waals surface area contributed by atoms with Gasteiger partial charge < -0.3 is 19.9 Å². The molecule has 2 fully saturated rings. The van der Waals surface area contributed by atoms with Gasteiger partial charge in [-0.15, -0.1) is 0 Å². The van der Waals surface area contributed by atoms with Crippen LogP contribution in [0.1, 0.15) is 28.2 Å². The van der Waals surface area contributed by atoms with E-state index in [1.54, 1.807) is 21.0 Å². The van der Waals surface area contributed by atoms with Crippen LogP contribution in [0.5, 0.6) is 0 Å². The molecule has 3 amide bonds. The van der Waals surface area contributed by atoms with E-state index in [-0.39, 0.29) is 30.4 Å². The lowest BCUT2D eigenvalue weighted by Gasteiger charge is -2.35. The summed E-state index contributed by atoms with van der Waals surface area (Å²) in [4.78, 5) is 47.0. The van der Waals surface area contributed by atoms with Crippen LogP contribution in [0, 0.1) is 6.92 Å². The van der Waals surface area contributed by atoms with E-state index in [1.165, 1.54) is 16.2 Å². The minimum absolute atomic E-state index is 0.0675. The lowest BCUT2D eigenvalue weighted by atomic mass is 10.2. The van der Waals surface area contributed by atoms with Gasteiger partial charge in [0.05, 0.1) is 12.2 Å². The van der Waals surface area contributed by atoms with Crippen molar-refractivity contribution in [1.29, 1.82) is 0 Å². The molecule has 1 N–H and O–H groups in total. The summed E-state index contributed by atoms with van der Waals surface area (Å²) in [5.41, 5.74) is 0.611. The minimum Gasteiger partial charge on any atom is -0.368 e. The summed E-state index contributed by atoms with van der Waals surface area (Å²) in [6, 6.07) is 0. The van der Waals surface area contributed by atoms with Crippen LogP contribution in [0.15, 0.2) is 0 Å². The number of rotatable bonds is 5. The molecule has 2 aliphatic heterocycles. The van der Waals surface area contributed by atoms with Gasteiger partial charge in [0.25, 0.3) is 11.8 Å². The second kappa shape index (κ2) is 8.97. The molecular weight excluding hydrogens is 382 g/mol. The number of hydrogen-bond donors (Lipinski definition) is 1. The Morgan fingerprint density at radius 3 is 2.57 bits per heavy atom. The average Bonchev–Trinajstić information content (AvgIpc) is 3.31. The Kier molecular flexibility index (Phi) is 6.63. The van der Waals surface area contributed by atoms with E-state index in [2.05, 4.69) is 10.3 Å². The van der Waals surface area contributed by atoms with Crippen LogP contribution in [0.25, 0.3) is 0 Å². The first-order valence-electron chi connectivity index (χ1n) is 9.47. The predicted octanol–water partition coefficient (Wildman–Crippen LogP) is 0.415. The Morgan fingerprint density at radius 1 is 1.25 bits per heavy atom. The summed E-state index contributed by atoms with van der Waals surface area (Å²) >= 11 is 1.19. The molecule has 0 saturated carbocycles. The highest BCUT2D eigenvalue weighted by molar-refractivity contribution is 7.17. The van der Waals surface area contributed by atoms with Gasteiger partial charge in [-0.25, -0.2) is 4.98 Å². The van der Waals surface area contributed by atoms with E-state index in [1.807, 2.05) is 9.80 Å². The van der Waals surface area contributed by atoms with E-state index < -0.39 is 0 Å². The van der Waals surface area contributed by atoms with E-state index in [9.17, 15) is 14.4 Å². The number of hydrogen-bond acceptors (Lipinski definition) is 7. The summed E-state index contributed by atoms with van der Waals surface area (Å²) in [6.45, 7) is 5.15. The molecule has 3 rings (SSSR count). The number of amides is 3. The summed E-state index contributed by atoms with van der Waals surface area (Å²) in [6.07, 6.45) is 1.45. The molecule has 9 nitrogen and oxygen atoms in total. The van der Waals surface area contributed by atoms with Crippen LogP contribution < -0.4 is 5.32 Å². The maximum atomic E-state index is 12.4. The molecule has 154 valence electrons. The zero-order valence-corrected chi connectivity index (χ0v) is 17.4. The van der Waals surface area contributed by atoms with E-state index in [4.69, 9.17) is 4.74 Å². The van der Waals surface area contributed by atoms with Crippen LogP contribution in [0.4, 0.5) is 5.13 Å². The lowest BCUT2D eigenvalue weighted by molar-refractivity contribution is -0.142. The Hall–Kier alpha value is -2.04. The zero-order valence-electron chi connectivity index (χ0n) is 16.6. The average molecular weight is 410 g/mol. The fourth-order valence-corrected chi connectivity index (χ4v) is 4.32. The highest BCUT2D eigenvalue weighted by Crippen LogP contribution is 2.23. The van der Waals surface area contributed by atoms with Crippen LogP contribution >= 0.6 is 11.3 Å². The molecule has 2 aliphatic rings. The Labute approximate surface area is 168 Å². The van der Waals surface area contributed by atoms with Gasteiger partial charge in [-0.3, -0.25) is 19.3 Å². The monoisotopic (exact) mass is 409 g/mol. The first kappa shape index (κ1) is 20.7. The maximum Gasteiger partial charge on any atom is 0.265 e.